The molecule has 0 aromatic heterocycles. The van der Waals surface area contributed by atoms with Crippen molar-refractivity contribution in [3.05, 3.63) is 65.5 Å². The minimum atomic E-state index is -0.260. The number of nitrogens with two attached hydrogens (primary N) is 1. The average molecular weight is 244 g/mol. The zero-order valence-corrected chi connectivity index (χ0v) is 9.71. The molecule has 0 aliphatic rings. The molecule has 0 spiro atoms. The van der Waals surface area contributed by atoms with Crippen molar-refractivity contribution in [3.8, 4) is 5.75 Å². The first-order chi connectivity index (χ1) is 8.79. The molecule has 0 saturated heterocycles. The quantitative estimate of drug-likeness (QED) is 0.510. The highest BCUT2D eigenvalue weighted by atomic mass is 19.1. The molecule has 2 rings (SSSR count). The predicted molar refractivity (Wildman–Crippen MR) is 69.0 cm³/mol. The summed E-state index contributed by atoms with van der Waals surface area (Å²) in [7, 11) is 0. The minimum Gasteiger partial charge on any atom is -0.489 e. The Kier molecular flexibility index (Phi) is 3.91. The van der Waals surface area contributed by atoms with Gasteiger partial charge in [-0.05, 0) is 35.9 Å². The van der Waals surface area contributed by atoms with E-state index in [0.717, 1.165) is 5.56 Å². The Morgan fingerprint density at radius 2 is 1.83 bits per heavy atom. The monoisotopic (exact) mass is 244 g/mol. The second-order valence-corrected chi connectivity index (χ2v) is 3.73. The summed E-state index contributed by atoms with van der Waals surface area (Å²) in [5, 5.41) is 3.43. The Labute approximate surface area is 105 Å². The molecule has 0 amide bonds. The van der Waals surface area contributed by atoms with Crippen molar-refractivity contribution < 1.29 is 9.13 Å². The van der Waals surface area contributed by atoms with Crippen molar-refractivity contribution in [2.45, 2.75) is 6.61 Å². The number of rotatable bonds is 4. The predicted octanol–water partition coefficient (Wildman–Crippen LogP) is 2.70. The number of benzene rings is 2. The molecule has 0 bridgehead atoms. The van der Waals surface area contributed by atoms with E-state index in [9.17, 15) is 4.39 Å². The van der Waals surface area contributed by atoms with Crippen molar-refractivity contribution >= 4 is 6.21 Å². The molecule has 2 N–H and O–H groups in total. The Balaban J connectivity index is 2.00. The Morgan fingerprint density at radius 1 is 1.11 bits per heavy atom. The van der Waals surface area contributed by atoms with Crippen LogP contribution in [-0.2, 0) is 6.61 Å². The van der Waals surface area contributed by atoms with Crippen molar-refractivity contribution in [2.75, 3.05) is 0 Å². The van der Waals surface area contributed by atoms with Crippen LogP contribution in [-0.4, -0.2) is 6.21 Å². The van der Waals surface area contributed by atoms with Gasteiger partial charge in [0.15, 0.2) is 0 Å². The maximum absolute atomic E-state index is 13.3. The molecular formula is C14H13FN2O. The van der Waals surface area contributed by atoms with Crippen LogP contribution in [0.2, 0.25) is 0 Å². The van der Waals surface area contributed by atoms with Gasteiger partial charge in [0, 0.05) is 5.56 Å². The summed E-state index contributed by atoms with van der Waals surface area (Å²) < 4.78 is 18.8. The number of nitrogens with zero attached hydrogens (tertiary/aromatic N) is 1. The molecule has 0 fully saturated rings. The van der Waals surface area contributed by atoms with Crippen LogP contribution in [0.1, 0.15) is 11.1 Å². The van der Waals surface area contributed by atoms with Gasteiger partial charge < -0.3 is 10.6 Å². The maximum atomic E-state index is 13.3. The minimum absolute atomic E-state index is 0.205. The van der Waals surface area contributed by atoms with Crippen LogP contribution in [0.15, 0.2) is 53.6 Å². The SMILES string of the molecule is NN=Cc1ccc(OCc2ccccc2F)cc1. The van der Waals surface area contributed by atoms with Gasteiger partial charge in [0.2, 0.25) is 0 Å². The zero-order chi connectivity index (χ0) is 12.8. The normalized spacial score (nSPS) is 10.7. The number of hydrogen-bond donors (Lipinski definition) is 1. The van der Waals surface area contributed by atoms with Gasteiger partial charge in [-0.15, -0.1) is 0 Å². The van der Waals surface area contributed by atoms with E-state index in [1.165, 1.54) is 6.07 Å². The van der Waals surface area contributed by atoms with Gasteiger partial charge in [0.1, 0.15) is 18.2 Å². The van der Waals surface area contributed by atoms with E-state index >= 15 is 0 Å². The number of hydrazone groups is 1. The van der Waals surface area contributed by atoms with Gasteiger partial charge in [-0.3, -0.25) is 0 Å². The lowest BCUT2D eigenvalue weighted by Gasteiger charge is -2.07. The van der Waals surface area contributed by atoms with E-state index in [1.807, 2.05) is 12.1 Å². The summed E-state index contributed by atoms with van der Waals surface area (Å²) in [5.74, 6) is 5.46. The summed E-state index contributed by atoms with van der Waals surface area (Å²) >= 11 is 0. The highest BCUT2D eigenvalue weighted by Gasteiger charge is 2.01. The third kappa shape index (κ3) is 3.07. The highest BCUT2D eigenvalue weighted by molar-refractivity contribution is 5.79. The smallest absolute Gasteiger partial charge is 0.129 e. The van der Waals surface area contributed by atoms with E-state index in [-0.39, 0.29) is 12.4 Å². The van der Waals surface area contributed by atoms with Gasteiger partial charge >= 0.3 is 0 Å². The molecule has 0 aliphatic heterocycles. The molecule has 92 valence electrons. The lowest BCUT2D eigenvalue weighted by molar-refractivity contribution is 0.300. The number of hydrogen-bond acceptors (Lipinski definition) is 3. The number of halogens is 1. The van der Waals surface area contributed by atoms with Crippen LogP contribution in [0.3, 0.4) is 0 Å². The molecule has 0 saturated carbocycles. The first kappa shape index (κ1) is 12.1. The Morgan fingerprint density at radius 3 is 2.50 bits per heavy atom. The maximum Gasteiger partial charge on any atom is 0.129 e. The largest absolute Gasteiger partial charge is 0.489 e. The van der Waals surface area contributed by atoms with Gasteiger partial charge in [-0.25, -0.2) is 4.39 Å². The van der Waals surface area contributed by atoms with Crippen LogP contribution >= 0.6 is 0 Å². The zero-order valence-electron chi connectivity index (χ0n) is 9.71. The third-order valence-corrected chi connectivity index (χ3v) is 2.46. The Hall–Kier alpha value is -2.36. The van der Waals surface area contributed by atoms with Crippen LogP contribution in [0, 0.1) is 5.82 Å². The second-order valence-electron chi connectivity index (χ2n) is 3.73. The van der Waals surface area contributed by atoms with Gasteiger partial charge in [0.25, 0.3) is 0 Å². The van der Waals surface area contributed by atoms with Crippen LogP contribution in [0.5, 0.6) is 5.75 Å². The van der Waals surface area contributed by atoms with E-state index in [2.05, 4.69) is 5.10 Å². The van der Waals surface area contributed by atoms with Crippen LogP contribution in [0.25, 0.3) is 0 Å². The lowest BCUT2D eigenvalue weighted by atomic mass is 10.2. The van der Waals surface area contributed by atoms with Crippen LogP contribution in [0.4, 0.5) is 4.39 Å². The average Bonchev–Trinajstić information content (AvgIpc) is 2.40. The molecule has 0 heterocycles. The summed E-state index contributed by atoms with van der Waals surface area (Å²) in [6.45, 7) is 0.205. The van der Waals surface area contributed by atoms with Gasteiger partial charge in [-0.2, -0.15) is 5.10 Å². The molecular weight excluding hydrogens is 231 g/mol. The Bertz CT molecular complexity index is 538. The molecule has 0 aliphatic carbocycles. The summed E-state index contributed by atoms with van der Waals surface area (Å²) in [5.41, 5.74) is 1.42. The molecule has 0 radical (unpaired) electrons. The van der Waals surface area contributed by atoms with Crippen molar-refractivity contribution in [1.29, 1.82) is 0 Å². The molecule has 18 heavy (non-hydrogen) atoms. The van der Waals surface area contributed by atoms with E-state index in [4.69, 9.17) is 10.6 Å². The topological polar surface area (TPSA) is 47.6 Å². The molecule has 0 unspecified atom stereocenters. The number of ether oxygens (including phenoxy) is 1. The summed E-state index contributed by atoms with van der Waals surface area (Å²) in [6, 6.07) is 13.8. The van der Waals surface area contributed by atoms with Crippen molar-refractivity contribution in [3.63, 3.8) is 0 Å². The molecule has 2 aromatic rings. The molecule has 3 nitrogen and oxygen atoms in total. The van der Waals surface area contributed by atoms with Gasteiger partial charge in [0.05, 0.1) is 6.21 Å². The fourth-order valence-electron chi connectivity index (χ4n) is 1.51. The fourth-order valence-corrected chi connectivity index (χ4v) is 1.51. The third-order valence-electron chi connectivity index (χ3n) is 2.46. The summed E-state index contributed by atoms with van der Waals surface area (Å²) in [6.07, 6.45) is 1.54. The molecule has 0 atom stereocenters. The van der Waals surface area contributed by atoms with Gasteiger partial charge in [-0.1, -0.05) is 18.2 Å². The summed E-state index contributed by atoms with van der Waals surface area (Å²) in [4.78, 5) is 0. The van der Waals surface area contributed by atoms with Crippen LogP contribution < -0.4 is 10.6 Å². The standard InChI is InChI=1S/C14H13FN2O/c15-14-4-2-1-3-12(14)10-18-13-7-5-11(6-8-13)9-17-16/h1-9H,10,16H2. The highest BCUT2D eigenvalue weighted by Crippen LogP contribution is 2.14. The fraction of sp³-hybridized carbons (Fsp3) is 0.0714. The van der Waals surface area contributed by atoms with E-state index < -0.39 is 0 Å². The van der Waals surface area contributed by atoms with E-state index in [1.54, 1.807) is 36.5 Å². The second kappa shape index (κ2) is 5.82. The first-order valence-corrected chi connectivity index (χ1v) is 5.49. The molecule has 2 aromatic carbocycles. The van der Waals surface area contributed by atoms with Crippen molar-refractivity contribution in [1.82, 2.24) is 0 Å². The van der Waals surface area contributed by atoms with E-state index in [0.29, 0.717) is 11.3 Å². The lowest BCUT2D eigenvalue weighted by Crippen LogP contribution is -1.98. The van der Waals surface area contributed by atoms with Crippen molar-refractivity contribution in [2.24, 2.45) is 10.9 Å². The molecule has 4 heteroatoms. The first-order valence-electron chi connectivity index (χ1n) is 5.49.